The number of nitrogens with zero attached hydrogens (tertiary/aromatic N) is 2. The molecule has 1 fully saturated rings. The van der Waals surface area contributed by atoms with Crippen LogP contribution in [-0.4, -0.2) is 57.6 Å². The van der Waals surface area contributed by atoms with E-state index in [4.69, 9.17) is 4.74 Å². The Morgan fingerprint density at radius 3 is 2.47 bits per heavy atom. The first-order valence-electron chi connectivity index (χ1n) is 16.7. The molecular weight excluding hydrogens is 617 g/mol. The number of halogens is 1. The molecule has 1 heterocycles. The first-order valence-corrected chi connectivity index (χ1v) is 17.5. The second-order valence-electron chi connectivity index (χ2n) is 12.3. The van der Waals surface area contributed by atoms with Gasteiger partial charge in [-0.25, -0.2) is 9.18 Å². The van der Waals surface area contributed by atoms with E-state index < -0.39 is 6.09 Å². The fraction of sp³-hybridized carbons (Fsp3) is 0.432. The summed E-state index contributed by atoms with van der Waals surface area (Å²) >= 11 is 1.12. The zero-order valence-electron chi connectivity index (χ0n) is 26.8. The maximum absolute atomic E-state index is 13.8. The topological polar surface area (TPSA) is 103 Å². The molecule has 250 valence electrons. The van der Waals surface area contributed by atoms with E-state index >= 15 is 0 Å². The molecule has 0 saturated heterocycles. The lowest BCUT2D eigenvalue weighted by Gasteiger charge is -2.35. The number of aromatic amines is 1. The predicted octanol–water partition coefficient (Wildman–Crippen LogP) is 7.58. The number of unbranched alkanes of at least 4 members (excludes halogenated alkanes) is 2. The van der Waals surface area contributed by atoms with Crippen molar-refractivity contribution < 1.29 is 23.8 Å². The minimum Gasteiger partial charge on any atom is -0.506 e. The fourth-order valence-corrected chi connectivity index (χ4v) is 7.28. The first-order chi connectivity index (χ1) is 22.9. The van der Waals surface area contributed by atoms with Crippen LogP contribution in [-0.2, 0) is 29.0 Å². The summed E-state index contributed by atoms with van der Waals surface area (Å²) < 4.78 is 20.2. The number of aromatic hydroxyl groups is 1. The number of aromatic nitrogens is 1. The number of fused-ring (bicyclic) bond motifs is 1. The van der Waals surface area contributed by atoms with Crippen LogP contribution < -0.4 is 4.87 Å². The molecule has 0 unspecified atom stereocenters. The Labute approximate surface area is 279 Å². The fourth-order valence-electron chi connectivity index (χ4n) is 6.38. The molecule has 1 aliphatic rings. The second-order valence-corrected chi connectivity index (χ2v) is 13.3. The highest BCUT2D eigenvalue weighted by atomic mass is 32.1. The van der Waals surface area contributed by atoms with Crippen LogP contribution >= 0.6 is 11.3 Å². The molecule has 0 aliphatic heterocycles. The summed E-state index contributed by atoms with van der Waals surface area (Å²) in [5.74, 6) is -0.196. The molecule has 10 heteroatoms. The van der Waals surface area contributed by atoms with E-state index in [1.165, 1.54) is 18.6 Å². The van der Waals surface area contributed by atoms with Crippen molar-refractivity contribution in [3.8, 4) is 5.75 Å². The number of ether oxygens (including phenoxy) is 1. The Kier molecular flexibility index (Phi) is 12.4. The molecule has 8 nitrogen and oxygen atoms in total. The quantitative estimate of drug-likeness (QED) is 0.128. The van der Waals surface area contributed by atoms with E-state index in [-0.39, 0.29) is 48.0 Å². The normalized spacial score (nSPS) is 13.5. The number of amides is 2. The van der Waals surface area contributed by atoms with E-state index in [1.54, 1.807) is 17.0 Å². The molecule has 1 aromatic heterocycles. The molecule has 4 aromatic rings. The Bertz CT molecular complexity index is 1670. The largest absolute Gasteiger partial charge is 0.506 e. The number of carbonyl (C=O) groups is 2. The summed E-state index contributed by atoms with van der Waals surface area (Å²) in [5.41, 5.74) is 3.20. The monoisotopic (exact) mass is 661 g/mol. The van der Waals surface area contributed by atoms with Gasteiger partial charge in [-0.3, -0.25) is 9.59 Å². The summed E-state index contributed by atoms with van der Waals surface area (Å²) in [4.78, 5) is 45.0. The van der Waals surface area contributed by atoms with Crippen LogP contribution in [0.25, 0.3) is 10.2 Å². The molecule has 2 N–H and O–H groups in total. The average molecular weight is 662 g/mol. The van der Waals surface area contributed by atoms with Crippen LogP contribution in [0, 0.1) is 5.82 Å². The highest BCUT2D eigenvalue weighted by Gasteiger charge is 2.26. The SMILES string of the molecule is O=C(OCc1ccccc1)N(CCC(=O)N(CCCCCc1ccc(O)c2[nH]c(=O)sc12)C1CCCCC1)CCc1cccc(F)c1. The van der Waals surface area contributed by atoms with Crippen LogP contribution in [0.15, 0.2) is 71.5 Å². The number of hydrogen-bond acceptors (Lipinski definition) is 6. The number of phenols is 1. The second kappa shape index (κ2) is 17.1. The molecule has 1 saturated carbocycles. The molecule has 2 amide bonds. The number of thiazole rings is 1. The van der Waals surface area contributed by atoms with Gasteiger partial charge in [0.1, 0.15) is 23.7 Å². The third kappa shape index (κ3) is 9.91. The maximum Gasteiger partial charge on any atom is 0.410 e. The summed E-state index contributed by atoms with van der Waals surface area (Å²) in [6.45, 7) is 1.33. The van der Waals surface area contributed by atoms with Gasteiger partial charge in [0.25, 0.3) is 0 Å². The van der Waals surface area contributed by atoms with Gasteiger partial charge in [0, 0.05) is 32.1 Å². The van der Waals surface area contributed by atoms with Crippen LogP contribution in [0.1, 0.15) is 74.5 Å². The molecule has 5 rings (SSSR count). The van der Waals surface area contributed by atoms with Gasteiger partial charge < -0.3 is 24.6 Å². The number of carbonyl (C=O) groups excluding carboxylic acids is 2. The van der Waals surface area contributed by atoms with E-state index in [2.05, 4.69) is 4.98 Å². The van der Waals surface area contributed by atoms with E-state index in [0.29, 0.717) is 25.0 Å². The first kappa shape index (κ1) is 34.2. The lowest BCUT2D eigenvalue weighted by Crippen LogP contribution is -2.44. The van der Waals surface area contributed by atoms with Gasteiger partial charge in [0.15, 0.2) is 0 Å². The zero-order valence-corrected chi connectivity index (χ0v) is 27.6. The van der Waals surface area contributed by atoms with Gasteiger partial charge in [0.2, 0.25) is 5.91 Å². The van der Waals surface area contributed by atoms with Gasteiger partial charge in [-0.05, 0) is 73.4 Å². The van der Waals surface area contributed by atoms with Crippen molar-refractivity contribution in [2.45, 2.75) is 83.3 Å². The number of rotatable bonds is 15. The molecule has 0 spiro atoms. The van der Waals surface area contributed by atoms with Crippen LogP contribution in [0.3, 0.4) is 0 Å². The van der Waals surface area contributed by atoms with Gasteiger partial charge in [-0.15, -0.1) is 0 Å². The molecular formula is C37H44FN3O5S. The molecule has 0 radical (unpaired) electrons. The molecule has 1 aliphatic carbocycles. The molecule has 0 atom stereocenters. The molecule has 47 heavy (non-hydrogen) atoms. The van der Waals surface area contributed by atoms with Crippen LogP contribution in [0.4, 0.5) is 9.18 Å². The maximum atomic E-state index is 13.8. The molecule has 3 aromatic carbocycles. The van der Waals surface area contributed by atoms with Crippen molar-refractivity contribution in [2.75, 3.05) is 19.6 Å². The van der Waals surface area contributed by atoms with Crippen molar-refractivity contribution in [3.05, 3.63) is 98.9 Å². The molecule has 0 bridgehead atoms. The predicted molar refractivity (Wildman–Crippen MR) is 183 cm³/mol. The lowest BCUT2D eigenvalue weighted by molar-refractivity contribution is -0.134. The van der Waals surface area contributed by atoms with E-state index in [9.17, 15) is 23.9 Å². The van der Waals surface area contributed by atoms with Crippen molar-refractivity contribution in [3.63, 3.8) is 0 Å². The number of benzene rings is 3. The number of hydrogen-bond donors (Lipinski definition) is 2. The lowest BCUT2D eigenvalue weighted by atomic mass is 9.93. The van der Waals surface area contributed by atoms with Gasteiger partial charge >= 0.3 is 11.0 Å². The van der Waals surface area contributed by atoms with Gasteiger partial charge in [-0.1, -0.05) is 85.6 Å². The third-order valence-electron chi connectivity index (χ3n) is 8.94. The summed E-state index contributed by atoms with van der Waals surface area (Å²) in [6.07, 6.45) is 9.00. The Morgan fingerprint density at radius 2 is 1.68 bits per heavy atom. The van der Waals surface area contributed by atoms with E-state index in [1.807, 2.05) is 47.4 Å². The van der Waals surface area contributed by atoms with Crippen molar-refractivity contribution in [2.24, 2.45) is 0 Å². The average Bonchev–Trinajstić information content (AvgIpc) is 3.49. The Morgan fingerprint density at radius 1 is 0.894 bits per heavy atom. The van der Waals surface area contributed by atoms with Gasteiger partial charge in [-0.2, -0.15) is 0 Å². The van der Waals surface area contributed by atoms with Crippen LogP contribution in [0.2, 0.25) is 0 Å². The van der Waals surface area contributed by atoms with Crippen LogP contribution in [0.5, 0.6) is 5.75 Å². The number of aryl methyl sites for hydroxylation is 1. The number of H-pyrrole nitrogens is 1. The Balaban J connectivity index is 1.18. The minimum atomic E-state index is -0.488. The minimum absolute atomic E-state index is 0.0425. The number of phenolic OH excluding ortho intramolecular Hbond substituents is 1. The zero-order chi connectivity index (χ0) is 33.0. The smallest absolute Gasteiger partial charge is 0.410 e. The summed E-state index contributed by atoms with van der Waals surface area (Å²) in [6, 6.07) is 19.5. The summed E-state index contributed by atoms with van der Waals surface area (Å²) in [7, 11) is 0. The van der Waals surface area contributed by atoms with Crippen molar-refractivity contribution in [1.29, 1.82) is 0 Å². The highest BCUT2D eigenvalue weighted by molar-refractivity contribution is 7.16. The van der Waals surface area contributed by atoms with E-state index in [0.717, 1.165) is 84.1 Å². The van der Waals surface area contributed by atoms with Gasteiger partial charge in [0.05, 0.1) is 4.70 Å². The third-order valence-corrected chi connectivity index (χ3v) is 9.90. The summed E-state index contributed by atoms with van der Waals surface area (Å²) in [5, 5.41) is 10.1. The highest BCUT2D eigenvalue weighted by Crippen LogP contribution is 2.29. The standard InChI is InChI=1S/C37H44FN3O5S/c38-30-15-10-13-27(25-30)20-23-40(37(45)46-26-28-11-4-1-5-12-28)24-21-33(43)41(31-16-7-2-8-17-31)22-9-3-6-14-29-18-19-32(42)34-35(29)47-36(44)39-34/h1,4-5,10-13,15,18-19,25,31,42H,2-3,6-9,14,16-17,20-24,26H2,(H,39,44). The van der Waals surface area contributed by atoms with Crippen molar-refractivity contribution >= 4 is 33.6 Å². The number of nitrogens with one attached hydrogen (secondary N) is 1. The Hall–Kier alpha value is -4.18. The van der Waals surface area contributed by atoms with Crippen molar-refractivity contribution in [1.82, 2.24) is 14.8 Å².